The van der Waals surface area contributed by atoms with E-state index in [1.165, 1.54) is 26.3 Å². The van der Waals surface area contributed by atoms with Crippen LogP contribution in [-0.4, -0.2) is 41.4 Å². The van der Waals surface area contributed by atoms with Crippen LogP contribution in [0.4, 0.5) is 11.4 Å². The maximum absolute atomic E-state index is 12.6. The van der Waals surface area contributed by atoms with Gasteiger partial charge in [0.2, 0.25) is 5.91 Å². The van der Waals surface area contributed by atoms with Gasteiger partial charge in [-0.15, -0.1) is 0 Å². The van der Waals surface area contributed by atoms with E-state index in [-0.39, 0.29) is 11.3 Å². The van der Waals surface area contributed by atoms with Gasteiger partial charge < -0.3 is 15.4 Å². The highest BCUT2D eigenvalue weighted by atomic mass is 16.6. The van der Waals surface area contributed by atoms with E-state index in [1.807, 2.05) is 0 Å². The molecule has 0 aliphatic rings. The SMILES string of the molecule is COC(=O)c1ccccc1N(C)C(=O)Cn1cc([N+](=O)[O-])cc(C(N)=O)c1=O. The number of nitro groups is 1. The molecular formula is C17H16N4O7. The number of para-hydroxylation sites is 1. The minimum absolute atomic E-state index is 0.116. The largest absolute Gasteiger partial charge is 0.465 e. The molecule has 0 unspecified atom stereocenters. The number of nitrogens with zero attached hydrogens (tertiary/aromatic N) is 3. The average molecular weight is 388 g/mol. The zero-order valence-corrected chi connectivity index (χ0v) is 14.9. The van der Waals surface area contributed by atoms with Crippen molar-refractivity contribution in [3.63, 3.8) is 0 Å². The molecular weight excluding hydrogens is 372 g/mol. The average Bonchev–Trinajstić information content (AvgIpc) is 2.67. The third-order valence-electron chi connectivity index (χ3n) is 3.90. The second-order valence-corrected chi connectivity index (χ2v) is 5.63. The number of aromatic nitrogens is 1. The Kier molecular flexibility index (Phi) is 5.88. The molecule has 0 aliphatic heterocycles. The minimum Gasteiger partial charge on any atom is -0.465 e. The third kappa shape index (κ3) is 4.03. The zero-order chi connectivity index (χ0) is 21.0. The first-order valence-electron chi connectivity index (χ1n) is 7.80. The number of carbonyl (C=O) groups excluding carboxylic acids is 3. The normalized spacial score (nSPS) is 10.2. The van der Waals surface area contributed by atoms with Gasteiger partial charge in [-0.3, -0.25) is 29.1 Å². The molecule has 0 bridgehead atoms. The van der Waals surface area contributed by atoms with Gasteiger partial charge in [-0.25, -0.2) is 4.79 Å². The summed E-state index contributed by atoms with van der Waals surface area (Å²) in [6.45, 7) is -0.618. The molecule has 1 aromatic heterocycles. The number of carbonyl (C=O) groups is 3. The summed E-state index contributed by atoms with van der Waals surface area (Å²) in [4.78, 5) is 59.5. The van der Waals surface area contributed by atoms with Gasteiger partial charge in [0.1, 0.15) is 12.1 Å². The molecule has 11 nitrogen and oxygen atoms in total. The number of likely N-dealkylation sites (N-methyl/N-ethyl adjacent to an activating group) is 1. The molecule has 146 valence electrons. The number of primary amides is 1. The van der Waals surface area contributed by atoms with Crippen molar-refractivity contribution in [1.82, 2.24) is 4.57 Å². The van der Waals surface area contributed by atoms with E-state index in [1.54, 1.807) is 12.1 Å². The number of anilines is 1. The van der Waals surface area contributed by atoms with Crippen LogP contribution in [0.25, 0.3) is 0 Å². The summed E-state index contributed by atoms with van der Waals surface area (Å²) in [5, 5.41) is 11.0. The maximum atomic E-state index is 12.6. The summed E-state index contributed by atoms with van der Waals surface area (Å²) >= 11 is 0. The lowest BCUT2D eigenvalue weighted by Crippen LogP contribution is -2.37. The van der Waals surface area contributed by atoms with Crippen LogP contribution in [0.3, 0.4) is 0 Å². The molecule has 0 atom stereocenters. The lowest BCUT2D eigenvalue weighted by molar-refractivity contribution is -0.385. The zero-order valence-electron chi connectivity index (χ0n) is 14.9. The Labute approximate surface area is 158 Å². The number of ether oxygens (including phenoxy) is 1. The first kappa shape index (κ1) is 20.3. The molecule has 2 rings (SSSR count). The van der Waals surface area contributed by atoms with Crippen LogP contribution < -0.4 is 16.2 Å². The molecule has 0 saturated carbocycles. The molecule has 0 aliphatic carbocycles. The molecule has 0 radical (unpaired) electrons. The summed E-state index contributed by atoms with van der Waals surface area (Å²) in [5.74, 6) is -2.49. The molecule has 2 N–H and O–H groups in total. The Morgan fingerprint density at radius 2 is 1.89 bits per heavy atom. The molecule has 0 fully saturated rings. The van der Waals surface area contributed by atoms with Crippen molar-refractivity contribution in [3.8, 4) is 0 Å². The molecule has 1 heterocycles. The van der Waals surface area contributed by atoms with Crippen LogP contribution >= 0.6 is 0 Å². The van der Waals surface area contributed by atoms with E-state index < -0.39 is 46.1 Å². The fourth-order valence-corrected chi connectivity index (χ4v) is 2.45. The number of hydrogen-bond donors (Lipinski definition) is 1. The van der Waals surface area contributed by atoms with Gasteiger partial charge in [0.05, 0.1) is 29.5 Å². The second-order valence-electron chi connectivity index (χ2n) is 5.63. The Hall–Kier alpha value is -4.02. The summed E-state index contributed by atoms with van der Waals surface area (Å²) in [6, 6.07) is 6.88. The highest BCUT2D eigenvalue weighted by Crippen LogP contribution is 2.20. The highest BCUT2D eigenvalue weighted by Gasteiger charge is 2.22. The van der Waals surface area contributed by atoms with Crippen LogP contribution in [-0.2, 0) is 16.1 Å². The van der Waals surface area contributed by atoms with Crippen LogP contribution in [0.1, 0.15) is 20.7 Å². The number of nitrogens with two attached hydrogens (primary N) is 1. The lowest BCUT2D eigenvalue weighted by atomic mass is 10.1. The monoisotopic (exact) mass is 388 g/mol. The van der Waals surface area contributed by atoms with E-state index >= 15 is 0 Å². The molecule has 0 saturated heterocycles. The van der Waals surface area contributed by atoms with Crippen molar-refractivity contribution in [2.75, 3.05) is 19.1 Å². The lowest BCUT2D eigenvalue weighted by Gasteiger charge is -2.20. The highest BCUT2D eigenvalue weighted by molar-refractivity contribution is 6.02. The van der Waals surface area contributed by atoms with Crippen molar-refractivity contribution < 1.29 is 24.0 Å². The molecule has 2 amide bonds. The Balaban J connectivity index is 2.43. The van der Waals surface area contributed by atoms with Crippen LogP contribution in [0.5, 0.6) is 0 Å². The number of rotatable bonds is 6. The second kappa shape index (κ2) is 8.12. The third-order valence-corrected chi connectivity index (χ3v) is 3.90. The number of amides is 2. The van der Waals surface area contributed by atoms with E-state index in [0.717, 1.165) is 21.7 Å². The number of methoxy groups -OCH3 is 1. The quantitative estimate of drug-likeness (QED) is 0.424. The minimum atomic E-state index is -1.15. The smallest absolute Gasteiger partial charge is 0.339 e. The summed E-state index contributed by atoms with van der Waals surface area (Å²) in [7, 11) is 2.55. The van der Waals surface area contributed by atoms with Crippen molar-refractivity contribution in [3.05, 3.63) is 68.1 Å². The fourth-order valence-electron chi connectivity index (χ4n) is 2.45. The van der Waals surface area contributed by atoms with Gasteiger partial charge in [0.15, 0.2) is 0 Å². The van der Waals surface area contributed by atoms with Crippen molar-refractivity contribution in [2.24, 2.45) is 5.73 Å². The topological polar surface area (TPSA) is 155 Å². The van der Waals surface area contributed by atoms with E-state index in [0.29, 0.717) is 0 Å². The van der Waals surface area contributed by atoms with Crippen LogP contribution in [0.2, 0.25) is 0 Å². The maximum Gasteiger partial charge on any atom is 0.339 e. The number of pyridine rings is 1. The summed E-state index contributed by atoms with van der Waals surface area (Å²) in [5.41, 5.74) is 3.29. The van der Waals surface area contributed by atoms with Gasteiger partial charge in [0, 0.05) is 13.1 Å². The standard InChI is InChI=1S/C17H16N4O7/c1-19(13-6-4-3-5-11(13)17(25)28-2)14(22)9-20-8-10(21(26)27)7-12(15(18)23)16(20)24/h3-8H,9H2,1-2H3,(H2,18,23). The van der Waals surface area contributed by atoms with Crippen molar-refractivity contribution in [1.29, 1.82) is 0 Å². The number of benzene rings is 1. The fraction of sp³-hybridized carbons (Fsp3) is 0.176. The molecule has 2 aromatic rings. The van der Waals surface area contributed by atoms with Crippen LogP contribution in [0, 0.1) is 10.1 Å². The van der Waals surface area contributed by atoms with E-state index in [9.17, 15) is 29.3 Å². The van der Waals surface area contributed by atoms with Crippen molar-refractivity contribution >= 4 is 29.2 Å². The number of hydrogen-bond acceptors (Lipinski definition) is 7. The predicted octanol–water partition coefficient (Wildman–Crippen LogP) is 0.305. The van der Waals surface area contributed by atoms with Crippen LogP contribution in [0.15, 0.2) is 41.3 Å². The predicted molar refractivity (Wildman–Crippen MR) is 97.1 cm³/mol. The summed E-state index contributed by atoms with van der Waals surface area (Å²) < 4.78 is 5.39. The Morgan fingerprint density at radius 3 is 2.46 bits per heavy atom. The molecule has 28 heavy (non-hydrogen) atoms. The van der Waals surface area contributed by atoms with Gasteiger partial charge in [-0.2, -0.15) is 0 Å². The molecule has 1 aromatic carbocycles. The molecule has 0 spiro atoms. The Morgan fingerprint density at radius 1 is 1.25 bits per heavy atom. The van der Waals surface area contributed by atoms with Gasteiger partial charge in [0.25, 0.3) is 17.2 Å². The van der Waals surface area contributed by atoms with Gasteiger partial charge in [-0.05, 0) is 12.1 Å². The van der Waals surface area contributed by atoms with Crippen molar-refractivity contribution in [2.45, 2.75) is 6.54 Å². The van der Waals surface area contributed by atoms with Gasteiger partial charge in [-0.1, -0.05) is 12.1 Å². The Bertz CT molecular complexity index is 1030. The summed E-state index contributed by atoms with van der Waals surface area (Å²) in [6.07, 6.45) is 0.840. The first-order chi connectivity index (χ1) is 13.2. The molecule has 11 heteroatoms. The first-order valence-corrected chi connectivity index (χ1v) is 7.80. The number of esters is 1. The van der Waals surface area contributed by atoms with E-state index in [2.05, 4.69) is 4.74 Å². The van der Waals surface area contributed by atoms with Gasteiger partial charge >= 0.3 is 5.97 Å². The van der Waals surface area contributed by atoms with E-state index in [4.69, 9.17) is 5.73 Å².